The van der Waals surface area contributed by atoms with Gasteiger partial charge in [-0.1, -0.05) is 30.7 Å². The summed E-state index contributed by atoms with van der Waals surface area (Å²) in [5, 5.41) is 3.57. The fraction of sp³-hybridized carbons (Fsp3) is 0.381. The van der Waals surface area contributed by atoms with Gasteiger partial charge in [-0.2, -0.15) is 0 Å². The first-order valence-corrected chi connectivity index (χ1v) is 9.68. The molecule has 1 aromatic heterocycles. The van der Waals surface area contributed by atoms with E-state index in [0.717, 1.165) is 31.5 Å². The van der Waals surface area contributed by atoms with Crippen molar-refractivity contribution < 1.29 is 9.59 Å². The molecule has 1 atom stereocenters. The Morgan fingerprint density at radius 3 is 2.93 bits per heavy atom. The maximum absolute atomic E-state index is 12.7. The van der Waals surface area contributed by atoms with Gasteiger partial charge in [0.05, 0.1) is 0 Å². The number of rotatable bonds is 5. The standard InChI is InChI=1S/C21H24ClN3O2/c1-15-4-3-11-25(14-15)21(27)19-13-17(8-10-23-19)20(26)24-9-7-16-5-2-6-18(22)12-16/h2,5-6,8,10,12-13,15H,3-4,7,9,11,14H2,1H3,(H,24,26). The van der Waals surface area contributed by atoms with Gasteiger partial charge in [0, 0.05) is 36.4 Å². The number of hydrogen-bond acceptors (Lipinski definition) is 3. The Labute approximate surface area is 164 Å². The minimum absolute atomic E-state index is 0.102. The normalized spacial score (nSPS) is 16.8. The SMILES string of the molecule is CC1CCCN(C(=O)c2cc(C(=O)NCCc3cccc(Cl)c3)ccn2)C1. The Kier molecular flexibility index (Phi) is 6.45. The van der Waals surface area contributed by atoms with Crippen molar-refractivity contribution in [2.24, 2.45) is 5.92 Å². The topological polar surface area (TPSA) is 62.3 Å². The number of aromatic nitrogens is 1. The highest BCUT2D eigenvalue weighted by Gasteiger charge is 2.23. The first-order valence-electron chi connectivity index (χ1n) is 9.31. The Morgan fingerprint density at radius 1 is 1.30 bits per heavy atom. The van der Waals surface area contributed by atoms with Gasteiger partial charge in [0.1, 0.15) is 5.69 Å². The predicted octanol–water partition coefficient (Wildman–Crippen LogP) is 3.58. The molecule has 1 fully saturated rings. The number of piperidine rings is 1. The van der Waals surface area contributed by atoms with Crippen molar-refractivity contribution in [3.05, 3.63) is 64.4 Å². The van der Waals surface area contributed by atoms with Crippen LogP contribution < -0.4 is 5.32 Å². The molecule has 1 unspecified atom stereocenters. The fourth-order valence-corrected chi connectivity index (χ4v) is 3.55. The van der Waals surface area contributed by atoms with Gasteiger partial charge in [-0.3, -0.25) is 14.6 Å². The number of carbonyl (C=O) groups is 2. The van der Waals surface area contributed by atoms with Crippen LogP contribution in [0.2, 0.25) is 5.02 Å². The number of benzene rings is 1. The van der Waals surface area contributed by atoms with Crippen LogP contribution in [0, 0.1) is 5.92 Å². The van der Waals surface area contributed by atoms with Crippen LogP contribution >= 0.6 is 11.6 Å². The van der Waals surface area contributed by atoms with E-state index in [1.807, 2.05) is 29.2 Å². The summed E-state index contributed by atoms with van der Waals surface area (Å²) in [4.78, 5) is 31.1. The van der Waals surface area contributed by atoms with E-state index in [9.17, 15) is 9.59 Å². The van der Waals surface area contributed by atoms with E-state index < -0.39 is 0 Å². The van der Waals surface area contributed by atoms with E-state index in [-0.39, 0.29) is 11.8 Å². The van der Waals surface area contributed by atoms with E-state index >= 15 is 0 Å². The number of halogens is 1. The lowest BCUT2D eigenvalue weighted by atomic mass is 10.00. The van der Waals surface area contributed by atoms with Gasteiger partial charge in [-0.05, 0) is 55.0 Å². The van der Waals surface area contributed by atoms with E-state index in [2.05, 4.69) is 17.2 Å². The van der Waals surface area contributed by atoms with Crippen molar-refractivity contribution in [1.82, 2.24) is 15.2 Å². The van der Waals surface area contributed by atoms with Crippen LogP contribution in [-0.4, -0.2) is 41.3 Å². The van der Waals surface area contributed by atoms with Crippen molar-refractivity contribution in [2.75, 3.05) is 19.6 Å². The first-order chi connectivity index (χ1) is 13.0. The zero-order valence-electron chi connectivity index (χ0n) is 15.5. The number of carbonyl (C=O) groups excluding carboxylic acids is 2. The average Bonchev–Trinajstić information content (AvgIpc) is 2.67. The Balaban J connectivity index is 1.59. The van der Waals surface area contributed by atoms with E-state index in [0.29, 0.717) is 35.2 Å². The van der Waals surface area contributed by atoms with Crippen LogP contribution in [0.15, 0.2) is 42.6 Å². The zero-order valence-corrected chi connectivity index (χ0v) is 16.2. The number of pyridine rings is 1. The minimum atomic E-state index is -0.208. The maximum Gasteiger partial charge on any atom is 0.272 e. The Hall–Kier alpha value is -2.40. The molecule has 1 N–H and O–H groups in total. The fourth-order valence-electron chi connectivity index (χ4n) is 3.34. The minimum Gasteiger partial charge on any atom is -0.352 e. The second kappa shape index (κ2) is 9.00. The molecule has 2 amide bonds. The van der Waals surface area contributed by atoms with Crippen LogP contribution in [0.3, 0.4) is 0 Å². The van der Waals surface area contributed by atoms with Crippen LogP contribution in [0.4, 0.5) is 0 Å². The number of amides is 2. The van der Waals surface area contributed by atoms with Crippen molar-refractivity contribution >= 4 is 23.4 Å². The van der Waals surface area contributed by atoms with Gasteiger partial charge in [0.15, 0.2) is 0 Å². The maximum atomic E-state index is 12.7. The second-order valence-corrected chi connectivity index (χ2v) is 7.50. The smallest absolute Gasteiger partial charge is 0.272 e. The highest BCUT2D eigenvalue weighted by molar-refractivity contribution is 6.30. The van der Waals surface area contributed by atoms with E-state index in [1.54, 1.807) is 12.1 Å². The molecular weight excluding hydrogens is 362 g/mol. The third-order valence-electron chi connectivity index (χ3n) is 4.77. The molecule has 27 heavy (non-hydrogen) atoms. The number of hydrogen-bond donors (Lipinski definition) is 1. The van der Waals surface area contributed by atoms with Gasteiger partial charge in [-0.15, -0.1) is 0 Å². The molecule has 6 heteroatoms. The lowest BCUT2D eigenvalue weighted by Crippen LogP contribution is -2.39. The summed E-state index contributed by atoms with van der Waals surface area (Å²) < 4.78 is 0. The number of nitrogens with zero attached hydrogens (tertiary/aromatic N) is 2. The molecule has 0 saturated carbocycles. The third-order valence-corrected chi connectivity index (χ3v) is 5.01. The molecular formula is C21H24ClN3O2. The summed E-state index contributed by atoms with van der Waals surface area (Å²) in [5.74, 6) is 0.191. The zero-order chi connectivity index (χ0) is 19.2. The molecule has 0 spiro atoms. The number of nitrogens with one attached hydrogen (secondary N) is 1. The van der Waals surface area contributed by atoms with Gasteiger partial charge in [0.2, 0.25) is 0 Å². The Morgan fingerprint density at radius 2 is 2.15 bits per heavy atom. The summed E-state index contributed by atoms with van der Waals surface area (Å²) in [7, 11) is 0. The molecule has 0 aliphatic carbocycles. The molecule has 3 rings (SSSR count). The molecule has 1 aliphatic heterocycles. The molecule has 0 radical (unpaired) electrons. The van der Waals surface area contributed by atoms with Crippen LogP contribution in [0.1, 0.15) is 46.2 Å². The van der Waals surface area contributed by atoms with Crippen molar-refractivity contribution in [1.29, 1.82) is 0 Å². The van der Waals surface area contributed by atoms with E-state index in [4.69, 9.17) is 11.6 Å². The summed E-state index contributed by atoms with van der Waals surface area (Å²) in [6, 6.07) is 10.8. The molecule has 0 bridgehead atoms. The van der Waals surface area contributed by atoms with E-state index in [1.165, 1.54) is 6.20 Å². The molecule has 2 aromatic rings. The second-order valence-electron chi connectivity index (χ2n) is 7.06. The van der Waals surface area contributed by atoms with Gasteiger partial charge in [-0.25, -0.2) is 0 Å². The quantitative estimate of drug-likeness (QED) is 0.855. The molecule has 142 valence electrons. The predicted molar refractivity (Wildman–Crippen MR) is 106 cm³/mol. The van der Waals surface area contributed by atoms with Crippen molar-refractivity contribution in [3.8, 4) is 0 Å². The molecule has 1 saturated heterocycles. The molecule has 2 heterocycles. The molecule has 1 aliphatic rings. The molecule has 1 aromatic carbocycles. The van der Waals surface area contributed by atoms with Crippen molar-refractivity contribution in [3.63, 3.8) is 0 Å². The first kappa shape index (κ1) is 19.4. The largest absolute Gasteiger partial charge is 0.352 e. The summed E-state index contributed by atoms with van der Waals surface area (Å²) >= 11 is 5.97. The van der Waals surface area contributed by atoms with Crippen LogP contribution in [-0.2, 0) is 6.42 Å². The number of likely N-dealkylation sites (tertiary alicyclic amines) is 1. The summed E-state index contributed by atoms with van der Waals surface area (Å²) in [6.07, 6.45) is 4.37. The Bertz CT molecular complexity index is 825. The lowest BCUT2D eigenvalue weighted by molar-refractivity contribution is 0.0677. The summed E-state index contributed by atoms with van der Waals surface area (Å²) in [6.45, 7) is 4.14. The highest BCUT2D eigenvalue weighted by atomic mass is 35.5. The van der Waals surface area contributed by atoms with Crippen LogP contribution in [0.5, 0.6) is 0 Å². The van der Waals surface area contributed by atoms with Gasteiger partial charge >= 0.3 is 0 Å². The van der Waals surface area contributed by atoms with Gasteiger partial charge < -0.3 is 10.2 Å². The van der Waals surface area contributed by atoms with Crippen molar-refractivity contribution in [2.45, 2.75) is 26.2 Å². The summed E-state index contributed by atoms with van der Waals surface area (Å²) in [5.41, 5.74) is 1.84. The highest BCUT2D eigenvalue weighted by Crippen LogP contribution is 2.17. The lowest BCUT2D eigenvalue weighted by Gasteiger charge is -2.30. The monoisotopic (exact) mass is 385 g/mol. The molecule has 5 nitrogen and oxygen atoms in total. The van der Waals surface area contributed by atoms with Gasteiger partial charge in [0.25, 0.3) is 11.8 Å². The average molecular weight is 386 g/mol. The van der Waals surface area contributed by atoms with Crippen LogP contribution in [0.25, 0.3) is 0 Å². The third kappa shape index (κ3) is 5.30.